The number of halogens is 3. The molecule has 0 fully saturated rings. The number of alkyl halides is 3. The molecular weight excluding hydrogens is 309 g/mol. The van der Waals surface area contributed by atoms with Crippen LogP contribution in [0.3, 0.4) is 0 Å². The zero-order chi connectivity index (χ0) is 16.4. The van der Waals surface area contributed by atoms with E-state index in [1.165, 1.54) is 24.3 Å². The summed E-state index contributed by atoms with van der Waals surface area (Å²) in [7, 11) is 0. The molecule has 0 saturated heterocycles. The first kappa shape index (κ1) is 14.7. The van der Waals surface area contributed by atoms with Crippen LogP contribution in [0.5, 0.6) is 5.75 Å². The van der Waals surface area contributed by atoms with Crippen LogP contribution in [0.2, 0.25) is 0 Å². The molecular formula is C15H9F3N4O. The molecule has 0 radical (unpaired) electrons. The Balaban J connectivity index is 1.78. The van der Waals surface area contributed by atoms with Gasteiger partial charge in [-0.2, -0.15) is 5.26 Å². The summed E-state index contributed by atoms with van der Waals surface area (Å²) in [5.41, 5.74) is 2.40. The van der Waals surface area contributed by atoms with Gasteiger partial charge in [0.25, 0.3) is 0 Å². The molecule has 0 aliphatic heterocycles. The van der Waals surface area contributed by atoms with E-state index in [0.717, 1.165) is 0 Å². The van der Waals surface area contributed by atoms with Gasteiger partial charge in [0.1, 0.15) is 5.75 Å². The fourth-order valence-electron chi connectivity index (χ4n) is 2.02. The summed E-state index contributed by atoms with van der Waals surface area (Å²) in [5, 5.41) is 11.8. The van der Waals surface area contributed by atoms with Crippen LogP contribution >= 0.6 is 0 Å². The van der Waals surface area contributed by atoms with E-state index >= 15 is 0 Å². The van der Waals surface area contributed by atoms with Gasteiger partial charge >= 0.3 is 6.36 Å². The van der Waals surface area contributed by atoms with E-state index in [1.54, 1.807) is 18.2 Å². The Kier molecular flexibility index (Phi) is 3.54. The lowest BCUT2D eigenvalue weighted by molar-refractivity contribution is -0.274. The average molecular weight is 318 g/mol. The predicted octanol–water partition coefficient (Wildman–Crippen LogP) is 4.08. The molecule has 0 aliphatic rings. The van der Waals surface area contributed by atoms with Gasteiger partial charge in [0.15, 0.2) is 0 Å². The Morgan fingerprint density at radius 3 is 2.52 bits per heavy atom. The van der Waals surface area contributed by atoms with Crippen molar-refractivity contribution in [3.8, 4) is 11.8 Å². The van der Waals surface area contributed by atoms with Crippen molar-refractivity contribution in [2.75, 3.05) is 5.32 Å². The van der Waals surface area contributed by atoms with Crippen molar-refractivity contribution in [2.45, 2.75) is 6.36 Å². The molecule has 3 rings (SSSR count). The van der Waals surface area contributed by atoms with E-state index < -0.39 is 6.36 Å². The van der Waals surface area contributed by atoms with Gasteiger partial charge in [0, 0.05) is 5.69 Å². The quantitative estimate of drug-likeness (QED) is 0.763. The smallest absolute Gasteiger partial charge is 0.406 e. The minimum atomic E-state index is -4.72. The van der Waals surface area contributed by atoms with Gasteiger partial charge < -0.3 is 15.0 Å². The number of H-pyrrole nitrogens is 1. The predicted molar refractivity (Wildman–Crippen MR) is 77.2 cm³/mol. The van der Waals surface area contributed by atoms with Crippen molar-refractivity contribution in [2.24, 2.45) is 0 Å². The van der Waals surface area contributed by atoms with E-state index in [9.17, 15) is 13.2 Å². The number of hydrogen-bond donors (Lipinski definition) is 2. The van der Waals surface area contributed by atoms with Crippen molar-refractivity contribution in [3.63, 3.8) is 0 Å². The molecule has 5 nitrogen and oxygen atoms in total. The number of hydrogen-bond acceptors (Lipinski definition) is 4. The van der Waals surface area contributed by atoms with Crippen LogP contribution in [-0.4, -0.2) is 16.3 Å². The molecule has 8 heteroatoms. The molecule has 1 aromatic heterocycles. The summed E-state index contributed by atoms with van der Waals surface area (Å²) in [4.78, 5) is 7.26. The van der Waals surface area contributed by atoms with Crippen LogP contribution in [0, 0.1) is 11.3 Å². The summed E-state index contributed by atoms with van der Waals surface area (Å²) < 4.78 is 40.1. The Labute approximate surface area is 128 Å². The highest BCUT2D eigenvalue weighted by Crippen LogP contribution is 2.25. The van der Waals surface area contributed by atoms with Crippen LogP contribution in [0.25, 0.3) is 11.0 Å². The van der Waals surface area contributed by atoms with Gasteiger partial charge in [0.2, 0.25) is 5.95 Å². The van der Waals surface area contributed by atoms with Gasteiger partial charge in [-0.25, -0.2) is 4.98 Å². The van der Waals surface area contributed by atoms with Gasteiger partial charge in [-0.05, 0) is 42.5 Å². The number of aromatic amines is 1. The Morgan fingerprint density at radius 1 is 1.13 bits per heavy atom. The third-order valence-corrected chi connectivity index (χ3v) is 2.96. The maximum absolute atomic E-state index is 12.1. The summed E-state index contributed by atoms with van der Waals surface area (Å²) in [5.74, 6) is 0.117. The monoisotopic (exact) mass is 318 g/mol. The summed E-state index contributed by atoms with van der Waals surface area (Å²) in [6.45, 7) is 0. The summed E-state index contributed by atoms with van der Waals surface area (Å²) in [6, 6.07) is 12.3. The Hall–Kier alpha value is -3.21. The highest BCUT2D eigenvalue weighted by Gasteiger charge is 2.30. The molecule has 1 heterocycles. The highest BCUT2D eigenvalue weighted by atomic mass is 19.4. The number of imidazole rings is 1. The second-order valence-corrected chi connectivity index (χ2v) is 4.63. The molecule has 0 atom stereocenters. The zero-order valence-corrected chi connectivity index (χ0v) is 11.5. The minimum Gasteiger partial charge on any atom is -0.406 e. The second kappa shape index (κ2) is 5.53. The lowest BCUT2D eigenvalue weighted by Crippen LogP contribution is -2.16. The molecule has 0 bridgehead atoms. The zero-order valence-electron chi connectivity index (χ0n) is 11.5. The van der Waals surface area contributed by atoms with Crippen LogP contribution in [0.15, 0.2) is 42.5 Å². The van der Waals surface area contributed by atoms with Gasteiger partial charge in [-0.3, -0.25) is 0 Å². The van der Waals surface area contributed by atoms with Crippen LogP contribution in [0.4, 0.5) is 24.8 Å². The fourth-order valence-corrected chi connectivity index (χ4v) is 2.02. The van der Waals surface area contributed by atoms with Gasteiger partial charge in [-0.15, -0.1) is 13.2 Å². The van der Waals surface area contributed by atoms with Crippen molar-refractivity contribution < 1.29 is 17.9 Å². The number of anilines is 2. The number of rotatable bonds is 3. The largest absolute Gasteiger partial charge is 0.573 e. The van der Waals surface area contributed by atoms with Crippen LogP contribution in [-0.2, 0) is 0 Å². The maximum atomic E-state index is 12.1. The SMILES string of the molecule is N#Cc1ccc2nc(Nc3ccc(OC(F)(F)F)cc3)[nH]c2c1. The van der Waals surface area contributed by atoms with Crippen molar-refractivity contribution in [1.82, 2.24) is 9.97 Å². The minimum absolute atomic E-state index is 0.300. The normalized spacial score (nSPS) is 11.2. The number of benzene rings is 2. The summed E-state index contributed by atoms with van der Waals surface area (Å²) in [6.07, 6.45) is -4.72. The molecule has 2 N–H and O–H groups in total. The van der Waals surface area contributed by atoms with Gasteiger partial charge in [0.05, 0.1) is 22.7 Å². The molecule has 23 heavy (non-hydrogen) atoms. The average Bonchev–Trinajstić information content (AvgIpc) is 2.89. The Bertz CT molecular complexity index is 878. The standard InChI is InChI=1S/C15H9F3N4O/c16-15(17,18)23-11-4-2-10(3-5-11)20-14-21-12-6-1-9(8-19)7-13(12)22-14/h1-7H,(H2,20,21,22). The van der Waals surface area contributed by atoms with Crippen molar-refractivity contribution >= 4 is 22.7 Å². The summed E-state index contributed by atoms with van der Waals surface area (Å²) >= 11 is 0. The van der Waals surface area contributed by atoms with E-state index in [2.05, 4.69) is 20.0 Å². The maximum Gasteiger partial charge on any atom is 0.573 e. The highest BCUT2D eigenvalue weighted by molar-refractivity contribution is 5.79. The number of nitrogens with one attached hydrogen (secondary N) is 2. The molecule has 2 aromatic carbocycles. The van der Waals surface area contributed by atoms with Crippen LogP contribution in [0.1, 0.15) is 5.56 Å². The van der Waals surface area contributed by atoms with Crippen molar-refractivity contribution in [3.05, 3.63) is 48.0 Å². The number of nitrogens with zero attached hydrogens (tertiary/aromatic N) is 2. The van der Waals surface area contributed by atoms with E-state index in [1.807, 2.05) is 6.07 Å². The van der Waals surface area contributed by atoms with E-state index in [4.69, 9.17) is 5.26 Å². The lowest BCUT2D eigenvalue weighted by atomic mass is 10.2. The van der Waals surface area contributed by atoms with E-state index in [0.29, 0.717) is 28.2 Å². The molecule has 0 saturated carbocycles. The fraction of sp³-hybridized carbons (Fsp3) is 0.0667. The van der Waals surface area contributed by atoms with E-state index in [-0.39, 0.29) is 5.75 Å². The molecule has 0 amide bonds. The number of fused-ring (bicyclic) bond motifs is 1. The second-order valence-electron chi connectivity index (χ2n) is 4.63. The van der Waals surface area contributed by atoms with Crippen molar-refractivity contribution in [1.29, 1.82) is 5.26 Å². The Morgan fingerprint density at radius 2 is 1.87 bits per heavy atom. The number of ether oxygens (including phenoxy) is 1. The molecule has 0 spiro atoms. The first-order valence-corrected chi connectivity index (χ1v) is 6.46. The first-order chi connectivity index (χ1) is 10.9. The molecule has 3 aromatic rings. The number of nitriles is 1. The number of aromatic nitrogens is 2. The topological polar surface area (TPSA) is 73.7 Å². The third kappa shape index (κ3) is 3.52. The third-order valence-electron chi connectivity index (χ3n) is 2.96. The molecule has 116 valence electrons. The molecule has 0 aliphatic carbocycles. The first-order valence-electron chi connectivity index (χ1n) is 6.46. The molecule has 0 unspecified atom stereocenters. The lowest BCUT2D eigenvalue weighted by Gasteiger charge is -2.09. The van der Waals surface area contributed by atoms with Crippen LogP contribution < -0.4 is 10.1 Å². The van der Waals surface area contributed by atoms with Gasteiger partial charge in [-0.1, -0.05) is 0 Å².